The molecule has 1 N–H and O–H groups in total. The lowest BCUT2D eigenvalue weighted by Crippen LogP contribution is -2.35. The SMILES string of the molecule is CCN(CCNC(=O)CSc1nnnn1-c1cc(C)cc(C)c1)c1cccc(C)c1. The maximum absolute atomic E-state index is 12.3. The first-order valence-corrected chi connectivity index (χ1v) is 11.0. The number of carbonyl (C=O) groups is 1. The summed E-state index contributed by atoms with van der Waals surface area (Å²) in [5.41, 5.74) is 5.59. The number of rotatable bonds is 9. The Hall–Kier alpha value is -2.87. The van der Waals surface area contributed by atoms with Gasteiger partial charge in [-0.15, -0.1) is 5.10 Å². The Labute approximate surface area is 181 Å². The van der Waals surface area contributed by atoms with Crippen molar-refractivity contribution in [3.63, 3.8) is 0 Å². The van der Waals surface area contributed by atoms with E-state index in [1.54, 1.807) is 4.68 Å². The number of amides is 1. The van der Waals surface area contributed by atoms with Gasteiger partial charge in [0.1, 0.15) is 0 Å². The van der Waals surface area contributed by atoms with Gasteiger partial charge in [-0.3, -0.25) is 4.79 Å². The highest BCUT2D eigenvalue weighted by Gasteiger charge is 2.12. The van der Waals surface area contributed by atoms with Crippen LogP contribution in [0.15, 0.2) is 47.6 Å². The molecule has 3 rings (SSSR count). The van der Waals surface area contributed by atoms with Gasteiger partial charge in [0.2, 0.25) is 11.1 Å². The van der Waals surface area contributed by atoms with Crippen LogP contribution in [0.1, 0.15) is 23.6 Å². The van der Waals surface area contributed by atoms with E-state index in [-0.39, 0.29) is 11.7 Å². The number of hydrogen-bond donors (Lipinski definition) is 1. The highest BCUT2D eigenvalue weighted by Crippen LogP contribution is 2.20. The zero-order valence-corrected chi connectivity index (χ0v) is 18.7. The quantitative estimate of drug-likeness (QED) is 0.531. The second-order valence-electron chi connectivity index (χ2n) is 7.28. The lowest BCUT2D eigenvalue weighted by atomic mass is 10.1. The van der Waals surface area contributed by atoms with E-state index in [4.69, 9.17) is 0 Å². The average molecular weight is 425 g/mol. The van der Waals surface area contributed by atoms with E-state index >= 15 is 0 Å². The van der Waals surface area contributed by atoms with Crippen LogP contribution in [0.3, 0.4) is 0 Å². The summed E-state index contributed by atoms with van der Waals surface area (Å²) in [6.45, 7) is 10.5. The molecule has 2 aromatic carbocycles. The van der Waals surface area contributed by atoms with Crippen molar-refractivity contribution in [2.75, 3.05) is 30.3 Å². The molecule has 0 unspecified atom stereocenters. The Morgan fingerprint density at radius 2 is 1.87 bits per heavy atom. The van der Waals surface area contributed by atoms with Crippen molar-refractivity contribution in [3.05, 3.63) is 59.2 Å². The van der Waals surface area contributed by atoms with Gasteiger partial charge in [-0.1, -0.05) is 30.0 Å². The van der Waals surface area contributed by atoms with Crippen molar-refractivity contribution in [1.29, 1.82) is 0 Å². The van der Waals surface area contributed by atoms with E-state index < -0.39 is 0 Å². The Balaban J connectivity index is 1.51. The Morgan fingerprint density at radius 3 is 2.57 bits per heavy atom. The number of anilines is 1. The first-order valence-electron chi connectivity index (χ1n) is 10.0. The van der Waals surface area contributed by atoms with Gasteiger partial charge in [-0.05, 0) is 79.1 Å². The first-order chi connectivity index (χ1) is 14.5. The predicted molar refractivity (Wildman–Crippen MR) is 121 cm³/mol. The third-order valence-electron chi connectivity index (χ3n) is 4.68. The fourth-order valence-corrected chi connectivity index (χ4v) is 4.03. The Kier molecular flexibility index (Phi) is 7.46. The fraction of sp³-hybridized carbons (Fsp3) is 0.364. The molecule has 0 bridgehead atoms. The molecule has 1 amide bonds. The van der Waals surface area contributed by atoms with Crippen molar-refractivity contribution in [3.8, 4) is 5.69 Å². The number of carbonyl (C=O) groups excluding carboxylic acids is 1. The smallest absolute Gasteiger partial charge is 0.230 e. The molecule has 1 aromatic heterocycles. The third-order valence-corrected chi connectivity index (χ3v) is 5.60. The maximum atomic E-state index is 12.3. The van der Waals surface area contributed by atoms with E-state index in [0.29, 0.717) is 11.7 Å². The normalized spacial score (nSPS) is 10.8. The van der Waals surface area contributed by atoms with Crippen LogP contribution in [0.4, 0.5) is 5.69 Å². The molecule has 0 atom stereocenters. The predicted octanol–water partition coefficient (Wildman–Crippen LogP) is 3.32. The molecule has 1 heterocycles. The average Bonchev–Trinajstić information content (AvgIpc) is 3.17. The zero-order chi connectivity index (χ0) is 21.5. The van der Waals surface area contributed by atoms with Gasteiger partial charge in [-0.2, -0.15) is 4.68 Å². The van der Waals surface area contributed by atoms with Crippen molar-refractivity contribution < 1.29 is 4.79 Å². The number of nitrogens with one attached hydrogen (secondary N) is 1. The van der Waals surface area contributed by atoms with Crippen LogP contribution in [0, 0.1) is 20.8 Å². The van der Waals surface area contributed by atoms with Crippen molar-refractivity contribution in [1.82, 2.24) is 25.5 Å². The van der Waals surface area contributed by atoms with Gasteiger partial charge in [0.05, 0.1) is 11.4 Å². The van der Waals surface area contributed by atoms with Crippen LogP contribution in [-0.2, 0) is 4.79 Å². The number of nitrogens with zero attached hydrogens (tertiary/aromatic N) is 5. The molecule has 8 heteroatoms. The van der Waals surface area contributed by atoms with Gasteiger partial charge < -0.3 is 10.2 Å². The van der Waals surface area contributed by atoms with Crippen molar-refractivity contribution in [2.24, 2.45) is 0 Å². The standard InChI is InChI=1S/C22H28N6OS/c1-5-27(19-8-6-7-16(2)12-19)10-9-23-21(29)15-30-22-24-25-26-28(22)20-13-17(3)11-18(4)14-20/h6-8,11-14H,5,9-10,15H2,1-4H3,(H,23,29). The summed E-state index contributed by atoms with van der Waals surface area (Å²) in [7, 11) is 0. The molecule has 158 valence electrons. The number of aryl methyl sites for hydroxylation is 3. The van der Waals surface area contributed by atoms with Gasteiger partial charge in [0, 0.05) is 25.3 Å². The van der Waals surface area contributed by atoms with Crippen LogP contribution in [-0.4, -0.2) is 51.5 Å². The van der Waals surface area contributed by atoms with E-state index in [9.17, 15) is 4.79 Å². The van der Waals surface area contributed by atoms with Crippen LogP contribution in [0.25, 0.3) is 5.69 Å². The largest absolute Gasteiger partial charge is 0.370 e. The number of aromatic nitrogens is 4. The third kappa shape index (κ3) is 5.82. The minimum atomic E-state index is -0.0322. The maximum Gasteiger partial charge on any atom is 0.230 e. The topological polar surface area (TPSA) is 75.9 Å². The highest BCUT2D eigenvalue weighted by atomic mass is 32.2. The summed E-state index contributed by atoms with van der Waals surface area (Å²) in [5.74, 6) is 0.233. The zero-order valence-electron chi connectivity index (χ0n) is 17.9. The second-order valence-corrected chi connectivity index (χ2v) is 8.22. The van der Waals surface area contributed by atoms with Crippen LogP contribution in [0.2, 0.25) is 0 Å². The van der Waals surface area contributed by atoms with Gasteiger partial charge in [-0.25, -0.2) is 0 Å². The molecule has 0 spiro atoms. The number of hydrogen-bond acceptors (Lipinski definition) is 6. The summed E-state index contributed by atoms with van der Waals surface area (Å²) < 4.78 is 1.68. The Morgan fingerprint density at radius 1 is 1.10 bits per heavy atom. The molecule has 0 saturated heterocycles. The lowest BCUT2D eigenvalue weighted by molar-refractivity contribution is -0.118. The van der Waals surface area contributed by atoms with Crippen LogP contribution in [0.5, 0.6) is 0 Å². The molecule has 0 radical (unpaired) electrons. The minimum absolute atomic E-state index is 0.0322. The minimum Gasteiger partial charge on any atom is -0.370 e. The number of benzene rings is 2. The summed E-state index contributed by atoms with van der Waals surface area (Å²) in [4.78, 5) is 14.6. The lowest BCUT2D eigenvalue weighted by Gasteiger charge is -2.23. The number of thioether (sulfide) groups is 1. The van der Waals surface area contributed by atoms with E-state index in [1.165, 1.54) is 23.0 Å². The fourth-order valence-electron chi connectivity index (χ4n) is 3.31. The molecule has 7 nitrogen and oxygen atoms in total. The Bertz CT molecular complexity index is 983. The molecule has 0 saturated carbocycles. The van der Waals surface area contributed by atoms with Gasteiger partial charge >= 0.3 is 0 Å². The summed E-state index contributed by atoms with van der Waals surface area (Å²) in [6.07, 6.45) is 0. The van der Waals surface area contributed by atoms with Crippen LogP contribution < -0.4 is 10.2 Å². The van der Waals surface area contributed by atoms with E-state index in [1.807, 2.05) is 26.0 Å². The molecule has 30 heavy (non-hydrogen) atoms. The number of tetrazole rings is 1. The summed E-state index contributed by atoms with van der Waals surface area (Å²) in [5, 5.41) is 15.5. The van der Waals surface area contributed by atoms with Gasteiger partial charge in [0.15, 0.2) is 0 Å². The molecule has 3 aromatic rings. The molecule has 0 aliphatic heterocycles. The molecule has 0 fully saturated rings. The summed E-state index contributed by atoms with van der Waals surface area (Å²) >= 11 is 1.33. The van der Waals surface area contributed by atoms with Crippen LogP contribution >= 0.6 is 11.8 Å². The van der Waals surface area contributed by atoms with E-state index in [2.05, 4.69) is 69.9 Å². The van der Waals surface area contributed by atoms with E-state index in [0.717, 1.165) is 29.9 Å². The highest BCUT2D eigenvalue weighted by molar-refractivity contribution is 7.99. The second kappa shape index (κ2) is 10.2. The summed E-state index contributed by atoms with van der Waals surface area (Å²) in [6, 6.07) is 14.6. The first kappa shape index (κ1) is 21.8. The number of likely N-dealkylation sites (N-methyl/N-ethyl adjacent to an activating group) is 1. The van der Waals surface area contributed by atoms with Gasteiger partial charge in [0.25, 0.3) is 0 Å². The monoisotopic (exact) mass is 424 g/mol. The molecule has 0 aliphatic rings. The molecule has 0 aliphatic carbocycles. The van der Waals surface area contributed by atoms with Crippen molar-refractivity contribution >= 4 is 23.4 Å². The molecular formula is C22H28N6OS. The van der Waals surface area contributed by atoms with Crippen molar-refractivity contribution in [2.45, 2.75) is 32.9 Å². The molecular weight excluding hydrogens is 396 g/mol.